The third-order valence-electron chi connectivity index (χ3n) is 3.64. The molecule has 0 saturated carbocycles. The van der Waals surface area contributed by atoms with Crippen molar-refractivity contribution in [3.63, 3.8) is 0 Å². The number of Topliss-reactive ketones (excluding diaryl/α,β-unsaturated/α-hetero) is 1. The van der Waals surface area contributed by atoms with Gasteiger partial charge in [-0.15, -0.1) is 0 Å². The quantitative estimate of drug-likeness (QED) is 0.430. The molecule has 0 bridgehead atoms. The number of carbonyl (C=O) groups is 2. The Morgan fingerprint density at radius 3 is 2.60 bits per heavy atom. The van der Waals surface area contributed by atoms with Crippen molar-refractivity contribution in [2.75, 3.05) is 19.9 Å². The van der Waals surface area contributed by atoms with E-state index in [0.717, 1.165) is 6.26 Å². The molecular weight excluding hydrogens is 370 g/mol. The normalized spacial score (nSPS) is 15.1. The lowest BCUT2D eigenvalue weighted by Crippen LogP contribution is -2.34. The van der Waals surface area contributed by atoms with Crippen molar-refractivity contribution in [1.29, 1.82) is 5.41 Å². The Labute approximate surface area is 149 Å². The molecule has 0 saturated heterocycles. The summed E-state index contributed by atoms with van der Waals surface area (Å²) >= 11 is 6.32. The van der Waals surface area contributed by atoms with Crippen LogP contribution in [0.25, 0.3) is 0 Å². The molecule has 1 aliphatic heterocycles. The lowest BCUT2D eigenvalue weighted by Gasteiger charge is -2.15. The number of sulfone groups is 1. The minimum absolute atomic E-state index is 0.0595. The predicted molar refractivity (Wildman–Crippen MR) is 92.3 cm³/mol. The Bertz CT molecular complexity index is 879. The van der Waals surface area contributed by atoms with Gasteiger partial charge in [0.25, 0.3) is 0 Å². The number of nitrogens with zero attached hydrogens (tertiary/aromatic N) is 1. The molecule has 1 unspecified atom stereocenters. The van der Waals surface area contributed by atoms with E-state index in [0.29, 0.717) is 18.3 Å². The zero-order chi connectivity index (χ0) is 18.8. The van der Waals surface area contributed by atoms with Crippen LogP contribution in [0.4, 0.5) is 0 Å². The predicted octanol–water partition coefficient (Wildman–Crippen LogP) is 1.06. The van der Waals surface area contributed by atoms with Crippen LogP contribution >= 0.6 is 11.6 Å². The summed E-state index contributed by atoms with van der Waals surface area (Å²) < 4.78 is 24.1. The summed E-state index contributed by atoms with van der Waals surface area (Å²) in [7, 11) is -2.30. The molecule has 0 aliphatic carbocycles. The Morgan fingerprint density at radius 1 is 1.44 bits per heavy atom. The van der Waals surface area contributed by atoms with Gasteiger partial charge in [-0.1, -0.05) is 16.8 Å². The Morgan fingerprint density at radius 2 is 2.12 bits per heavy atom. The van der Waals surface area contributed by atoms with Crippen LogP contribution in [0.1, 0.15) is 22.3 Å². The maximum atomic E-state index is 12.6. The summed E-state index contributed by atoms with van der Waals surface area (Å²) in [5, 5.41) is 13.3. The van der Waals surface area contributed by atoms with E-state index in [1.807, 2.05) is 0 Å². The van der Waals surface area contributed by atoms with Crippen molar-refractivity contribution in [3.8, 4) is 0 Å². The van der Waals surface area contributed by atoms with Crippen molar-refractivity contribution in [3.05, 3.63) is 28.3 Å². The van der Waals surface area contributed by atoms with Crippen molar-refractivity contribution >= 4 is 45.1 Å². The largest absolute Gasteiger partial charge is 0.395 e. The Balaban J connectivity index is 2.66. The van der Waals surface area contributed by atoms with Crippen LogP contribution in [0.5, 0.6) is 0 Å². The molecule has 25 heavy (non-hydrogen) atoms. The monoisotopic (exact) mass is 385 g/mol. The van der Waals surface area contributed by atoms with E-state index < -0.39 is 27.4 Å². The van der Waals surface area contributed by atoms with E-state index in [9.17, 15) is 18.0 Å². The van der Waals surface area contributed by atoms with E-state index in [1.54, 1.807) is 0 Å². The molecule has 1 aliphatic rings. The van der Waals surface area contributed by atoms with Crippen molar-refractivity contribution in [2.24, 2.45) is 11.1 Å². The molecule has 1 heterocycles. The molecule has 0 aromatic heterocycles. The Kier molecular flexibility index (Phi) is 5.58. The van der Waals surface area contributed by atoms with Crippen LogP contribution in [0, 0.1) is 11.3 Å². The van der Waals surface area contributed by atoms with Gasteiger partial charge in [-0.3, -0.25) is 9.59 Å². The van der Waals surface area contributed by atoms with Crippen LogP contribution in [-0.4, -0.2) is 51.9 Å². The molecule has 2 rings (SSSR count). The van der Waals surface area contributed by atoms with Gasteiger partial charge in [0, 0.05) is 37.1 Å². The van der Waals surface area contributed by atoms with Gasteiger partial charge in [0.2, 0.25) is 5.91 Å². The van der Waals surface area contributed by atoms with Crippen molar-refractivity contribution < 1.29 is 22.8 Å². The van der Waals surface area contributed by atoms with Crippen LogP contribution in [0.2, 0.25) is 5.02 Å². The standard InChI is InChI=1S/C15H16ClN3O5S/c1-18-15(21)9(7-17)14(20)8-3-4-11(25(2,22)23)12(13(8)16)10-5-6-24-19-10/h3-4,7,9,17H,5-6H2,1-2H3,(H,18,21). The first-order valence-electron chi connectivity index (χ1n) is 7.20. The van der Waals surface area contributed by atoms with Gasteiger partial charge in [0.15, 0.2) is 15.6 Å². The lowest BCUT2D eigenvalue weighted by molar-refractivity contribution is -0.121. The fourth-order valence-corrected chi connectivity index (χ4v) is 3.73. The average molecular weight is 386 g/mol. The number of oxime groups is 1. The maximum Gasteiger partial charge on any atom is 0.236 e. The number of hydrogen-bond acceptors (Lipinski definition) is 7. The van der Waals surface area contributed by atoms with Crippen molar-refractivity contribution in [1.82, 2.24) is 5.32 Å². The summed E-state index contributed by atoms with van der Waals surface area (Å²) in [5.74, 6) is -2.73. The van der Waals surface area contributed by atoms with E-state index in [2.05, 4.69) is 10.5 Å². The number of benzene rings is 1. The number of hydrogen-bond donors (Lipinski definition) is 2. The number of rotatable bonds is 6. The molecule has 2 N–H and O–H groups in total. The first-order chi connectivity index (χ1) is 11.7. The minimum Gasteiger partial charge on any atom is -0.395 e. The summed E-state index contributed by atoms with van der Waals surface area (Å²) in [6, 6.07) is 2.48. The molecule has 10 heteroatoms. The van der Waals surface area contributed by atoms with Gasteiger partial charge < -0.3 is 15.6 Å². The molecule has 0 radical (unpaired) electrons. The molecule has 1 aromatic rings. The number of amides is 1. The van der Waals surface area contributed by atoms with Gasteiger partial charge in [0.05, 0.1) is 15.6 Å². The highest BCUT2D eigenvalue weighted by Crippen LogP contribution is 2.32. The molecular formula is C15H16ClN3O5S. The van der Waals surface area contributed by atoms with E-state index in [4.69, 9.17) is 21.8 Å². The SMILES string of the molecule is CNC(=O)C(C=N)C(=O)c1ccc(S(C)(=O)=O)c(C2=NOCC2)c1Cl. The number of carbonyl (C=O) groups excluding carboxylic acids is 2. The number of halogens is 1. The first kappa shape index (κ1) is 19.1. The molecule has 0 fully saturated rings. The highest BCUT2D eigenvalue weighted by atomic mass is 35.5. The average Bonchev–Trinajstić information content (AvgIpc) is 3.07. The molecule has 1 aromatic carbocycles. The van der Waals surface area contributed by atoms with Gasteiger partial charge >= 0.3 is 0 Å². The minimum atomic E-state index is -3.64. The fourth-order valence-electron chi connectivity index (χ4n) is 2.40. The fraction of sp³-hybridized carbons (Fsp3) is 0.333. The topological polar surface area (TPSA) is 126 Å². The third kappa shape index (κ3) is 3.72. The molecule has 0 spiro atoms. The zero-order valence-electron chi connectivity index (χ0n) is 13.5. The maximum absolute atomic E-state index is 12.6. The van der Waals surface area contributed by atoms with Gasteiger partial charge in [-0.25, -0.2) is 8.42 Å². The van der Waals surface area contributed by atoms with Crippen LogP contribution in [-0.2, 0) is 19.5 Å². The van der Waals surface area contributed by atoms with Crippen LogP contribution < -0.4 is 5.32 Å². The lowest BCUT2D eigenvalue weighted by atomic mass is 9.95. The van der Waals surface area contributed by atoms with E-state index >= 15 is 0 Å². The summed E-state index contributed by atoms with van der Waals surface area (Å²) in [6.07, 6.45) is 2.06. The number of nitrogens with one attached hydrogen (secondary N) is 2. The van der Waals surface area contributed by atoms with E-state index in [1.165, 1.54) is 19.2 Å². The number of ketones is 1. The van der Waals surface area contributed by atoms with Crippen LogP contribution in [0.3, 0.4) is 0 Å². The molecule has 8 nitrogen and oxygen atoms in total. The highest BCUT2D eigenvalue weighted by molar-refractivity contribution is 7.90. The smallest absolute Gasteiger partial charge is 0.236 e. The third-order valence-corrected chi connectivity index (χ3v) is 5.17. The highest BCUT2D eigenvalue weighted by Gasteiger charge is 2.31. The van der Waals surface area contributed by atoms with Gasteiger partial charge in [0.1, 0.15) is 12.5 Å². The second-order valence-corrected chi connectivity index (χ2v) is 7.68. The summed E-state index contributed by atoms with van der Waals surface area (Å²) in [4.78, 5) is 29.2. The second kappa shape index (κ2) is 7.32. The van der Waals surface area contributed by atoms with Crippen LogP contribution in [0.15, 0.2) is 22.2 Å². The second-order valence-electron chi connectivity index (χ2n) is 5.32. The van der Waals surface area contributed by atoms with Gasteiger partial charge in [-0.05, 0) is 12.1 Å². The summed E-state index contributed by atoms with van der Waals surface area (Å²) in [5.41, 5.74) is 0.343. The summed E-state index contributed by atoms with van der Waals surface area (Å²) in [6.45, 7) is 0.272. The first-order valence-corrected chi connectivity index (χ1v) is 9.47. The van der Waals surface area contributed by atoms with E-state index in [-0.39, 0.29) is 27.7 Å². The zero-order valence-corrected chi connectivity index (χ0v) is 15.1. The molecule has 1 amide bonds. The Hall–Kier alpha value is -2.26. The molecule has 1 atom stereocenters. The molecule has 134 valence electrons. The van der Waals surface area contributed by atoms with Gasteiger partial charge in [-0.2, -0.15) is 0 Å². The van der Waals surface area contributed by atoms with Crippen molar-refractivity contribution in [2.45, 2.75) is 11.3 Å².